The summed E-state index contributed by atoms with van der Waals surface area (Å²) in [6.07, 6.45) is 3.84. The van der Waals surface area contributed by atoms with E-state index in [1.807, 2.05) is 0 Å². The largest absolute Gasteiger partial charge is 0.504 e. The normalized spacial score (nSPS) is 26.6. The monoisotopic (exact) mass is 264 g/mol. The Kier molecular flexibility index (Phi) is 3.22. The number of pyridine rings is 1. The highest BCUT2D eigenvalue weighted by atomic mass is 19.1. The van der Waals surface area contributed by atoms with E-state index >= 15 is 0 Å². The van der Waals surface area contributed by atoms with Crippen molar-refractivity contribution in [3.8, 4) is 5.75 Å². The number of hydrogen-bond donors (Lipinski definition) is 1. The van der Waals surface area contributed by atoms with E-state index < -0.39 is 11.7 Å². The first kappa shape index (κ1) is 12.5. The smallest absolute Gasteiger partial charge is 0.255 e. The Morgan fingerprint density at radius 1 is 1.37 bits per heavy atom. The molecule has 0 radical (unpaired) electrons. The molecule has 2 atom stereocenters. The second-order valence-electron chi connectivity index (χ2n) is 5.57. The maximum Gasteiger partial charge on any atom is 0.255 e. The van der Waals surface area contributed by atoms with E-state index in [1.165, 1.54) is 31.4 Å². The van der Waals surface area contributed by atoms with Crippen LogP contribution in [0.15, 0.2) is 12.1 Å². The molecule has 2 fully saturated rings. The number of aromatic nitrogens is 1. The molecular weight excluding hydrogens is 247 g/mol. The minimum atomic E-state index is -0.982. The molecule has 1 saturated heterocycles. The highest BCUT2D eigenvalue weighted by molar-refractivity contribution is 5.95. The minimum Gasteiger partial charge on any atom is -0.504 e. The molecule has 0 spiro atoms. The summed E-state index contributed by atoms with van der Waals surface area (Å²) < 4.78 is 13.1. The van der Waals surface area contributed by atoms with E-state index in [0.29, 0.717) is 6.54 Å². The van der Waals surface area contributed by atoms with Gasteiger partial charge in [-0.3, -0.25) is 9.69 Å². The summed E-state index contributed by atoms with van der Waals surface area (Å²) in [7, 11) is 0. The van der Waals surface area contributed by atoms with Crippen LogP contribution in [0.1, 0.15) is 29.8 Å². The topological polar surface area (TPSA) is 53.4 Å². The number of nitrogens with zero attached hydrogens (tertiary/aromatic N) is 2. The zero-order chi connectivity index (χ0) is 13.4. The van der Waals surface area contributed by atoms with Gasteiger partial charge in [-0.05, 0) is 36.8 Å². The molecule has 3 rings (SSSR count). The summed E-state index contributed by atoms with van der Waals surface area (Å²) in [5, 5.41) is 9.06. The van der Waals surface area contributed by atoms with Crippen LogP contribution in [0.5, 0.6) is 5.75 Å². The van der Waals surface area contributed by atoms with Gasteiger partial charge >= 0.3 is 0 Å². The Morgan fingerprint density at radius 2 is 2.05 bits per heavy atom. The van der Waals surface area contributed by atoms with Gasteiger partial charge in [0.2, 0.25) is 0 Å². The van der Waals surface area contributed by atoms with E-state index in [9.17, 15) is 9.18 Å². The molecule has 1 N–H and O–H groups in total. The Balaban J connectivity index is 1.63. The fourth-order valence-corrected chi connectivity index (χ4v) is 3.33. The predicted molar refractivity (Wildman–Crippen MR) is 67.5 cm³/mol. The molecule has 1 aliphatic carbocycles. The van der Waals surface area contributed by atoms with Gasteiger partial charge in [-0.15, -0.1) is 0 Å². The van der Waals surface area contributed by atoms with Gasteiger partial charge < -0.3 is 5.11 Å². The molecule has 1 saturated carbocycles. The Bertz CT molecular complexity index is 494. The van der Waals surface area contributed by atoms with Gasteiger partial charge in [-0.1, -0.05) is 6.42 Å². The number of rotatable bonds is 3. The van der Waals surface area contributed by atoms with Gasteiger partial charge in [0.1, 0.15) is 5.69 Å². The first-order valence-corrected chi connectivity index (χ1v) is 6.74. The molecule has 4 nitrogen and oxygen atoms in total. The number of carbonyl (C=O) groups is 1. The van der Waals surface area contributed by atoms with Crippen molar-refractivity contribution in [2.24, 2.45) is 11.8 Å². The summed E-state index contributed by atoms with van der Waals surface area (Å²) in [5.74, 6) is -0.218. The maximum absolute atomic E-state index is 13.1. The molecule has 2 heterocycles. The van der Waals surface area contributed by atoms with Crippen molar-refractivity contribution in [1.29, 1.82) is 0 Å². The van der Waals surface area contributed by atoms with Gasteiger partial charge in [0.15, 0.2) is 11.5 Å². The van der Waals surface area contributed by atoms with Crippen LogP contribution in [0.3, 0.4) is 0 Å². The fraction of sp³-hybridized carbons (Fsp3) is 0.571. The van der Waals surface area contributed by atoms with Gasteiger partial charge in [0.05, 0.1) is 6.54 Å². The van der Waals surface area contributed by atoms with Crippen molar-refractivity contribution >= 4 is 5.78 Å². The van der Waals surface area contributed by atoms with Crippen molar-refractivity contribution in [3.05, 3.63) is 23.8 Å². The van der Waals surface area contributed by atoms with Crippen LogP contribution in [-0.2, 0) is 0 Å². The highest BCUT2D eigenvalue weighted by Gasteiger charge is 2.36. The second kappa shape index (κ2) is 4.89. The maximum atomic E-state index is 13.1. The quantitative estimate of drug-likeness (QED) is 0.668. The van der Waals surface area contributed by atoms with Gasteiger partial charge in [-0.25, -0.2) is 4.98 Å². The number of Topliss-reactive ketones (excluding diaryl/α,β-unsaturated/α-hetero) is 1. The summed E-state index contributed by atoms with van der Waals surface area (Å²) in [6, 6.07) is 2.55. The molecule has 1 aromatic rings. The molecule has 0 unspecified atom stereocenters. The lowest BCUT2D eigenvalue weighted by molar-refractivity contribution is 0.0934. The van der Waals surface area contributed by atoms with Crippen LogP contribution in [0.25, 0.3) is 0 Å². The number of hydrogen-bond acceptors (Lipinski definition) is 4. The summed E-state index contributed by atoms with van der Waals surface area (Å²) in [6.45, 7) is 2.23. The number of ketones is 1. The summed E-state index contributed by atoms with van der Waals surface area (Å²) in [4.78, 5) is 17.7. The number of fused-ring (bicyclic) bond motifs is 1. The first-order valence-electron chi connectivity index (χ1n) is 6.74. The predicted octanol–water partition coefficient (Wildman–Crippen LogP) is 1.84. The lowest BCUT2D eigenvalue weighted by Gasteiger charge is -2.15. The molecule has 0 aromatic carbocycles. The summed E-state index contributed by atoms with van der Waals surface area (Å²) in [5.41, 5.74) is 0.0901. The van der Waals surface area contributed by atoms with Crippen LogP contribution < -0.4 is 0 Å². The molecule has 0 amide bonds. The molecule has 1 aliphatic heterocycles. The Labute approximate surface area is 111 Å². The molecule has 1 aromatic heterocycles. The van der Waals surface area contributed by atoms with E-state index in [1.54, 1.807) is 0 Å². The highest BCUT2D eigenvalue weighted by Crippen LogP contribution is 2.37. The van der Waals surface area contributed by atoms with Crippen LogP contribution >= 0.6 is 0 Å². The second-order valence-corrected chi connectivity index (χ2v) is 5.57. The van der Waals surface area contributed by atoms with Gasteiger partial charge in [0, 0.05) is 13.1 Å². The molecule has 2 aliphatic rings. The minimum absolute atomic E-state index is 0.0901. The van der Waals surface area contributed by atoms with Crippen LogP contribution in [0.4, 0.5) is 4.39 Å². The lowest BCUT2D eigenvalue weighted by atomic mass is 10.0. The number of likely N-dealkylation sites (tertiary alicyclic amines) is 1. The van der Waals surface area contributed by atoms with Crippen LogP contribution in [-0.4, -0.2) is 40.4 Å². The fourth-order valence-electron chi connectivity index (χ4n) is 3.33. The lowest BCUT2D eigenvalue weighted by Crippen LogP contribution is -2.29. The zero-order valence-corrected chi connectivity index (χ0v) is 10.7. The molecule has 19 heavy (non-hydrogen) atoms. The zero-order valence-electron chi connectivity index (χ0n) is 10.7. The third-order valence-corrected chi connectivity index (χ3v) is 4.28. The van der Waals surface area contributed by atoms with E-state index in [4.69, 9.17) is 5.11 Å². The van der Waals surface area contributed by atoms with Gasteiger partial charge in [-0.2, -0.15) is 4.39 Å². The number of aromatic hydroxyl groups is 1. The standard InChI is InChI=1S/C14H17FN2O2/c15-14-12(18)5-4-11(16-14)13(19)8-17-6-9-2-1-3-10(9)7-17/h4-5,9-10,18H,1-3,6-8H2/t9-,10+. The third-order valence-electron chi connectivity index (χ3n) is 4.28. The van der Waals surface area contributed by atoms with Crippen molar-refractivity contribution in [2.75, 3.05) is 19.6 Å². The SMILES string of the molecule is O=C(CN1C[C@H]2CCC[C@H]2C1)c1ccc(O)c(F)n1. The molecular formula is C14H17FN2O2. The first-order chi connectivity index (χ1) is 9.13. The Morgan fingerprint density at radius 3 is 2.68 bits per heavy atom. The number of halogens is 1. The van der Waals surface area contributed by atoms with E-state index in [2.05, 4.69) is 9.88 Å². The van der Waals surface area contributed by atoms with Crippen molar-refractivity contribution in [2.45, 2.75) is 19.3 Å². The number of carbonyl (C=O) groups excluding carboxylic acids is 1. The van der Waals surface area contributed by atoms with Crippen molar-refractivity contribution in [1.82, 2.24) is 9.88 Å². The molecule has 5 heteroatoms. The Hall–Kier alpha value is -1.49. The van der Waals surface area contributed by atoms with E-state index in [0.717, 1.165) is 24.9 Å². The average molecular weight is 264 g/mol. The van der Waals surface area contributed by atoms with Crippen LogP contribution in [0.2, 0.25) is 0 Å². The van der Waals surface area contributed by atoms with Crippen molar-refractivity contribution in [3.63, 3.8) is 0 Å². The molecule has 102 valence electrons. The van der Waals surface area contributed by atoms with E-state index in [-0.39, 0.29) is 11.5 Å². The van der Waals surface area contributed by atoms with Crippen molar-refractivity contribution < 1.29 is 14.3 Å². The third kappa shape index (κ3) is 2.47. The van der Waals surface area contributed by atoms with Gasteiger partial charge in [0.25, 0.3) is 5.95 Å². The summed E-state index contributed by atoms with van der Waals surface area (Å²) >= 11 is 0. The van der Waals surface area contributed by atoms with Crippen LogP contribution in [0, 0.1) is 17.8 Å². The average Bonchev–Trinajstić information content (AvgIpc) is 2.93. The molecule has 0 bridgehead atoms.